The summed E-state index contributed by atoms with van der Waals surface area (Å²) in [6.45, 7) is 2.61. The summed E-state index contributed by atoms with van der Waals surface area (Å²) in [5, 5.41) is 7.22. The van der Waals surface area contributed by atoms with Crippen molar-refractivity contribution in [3.05, 3.63) is 78.6 Å². The van der Waals surface area contributed by atoms with Gasteiger partial charge < -0.3 is 10.6 Å². The number of hydrogen-bond acceptors (Lipinski definition) is 5. The van der Waals surface area contributed by atoms with Crippen molar-refractivity contribution in [3.63, 3.8) is 0 Å². The van der Waals surface area contributed by atoms with Crippen LogP contribution in [-0.2, 0) is 0 Å². The van der Waals surface area contributed by atoms with Gasteiger partial charge in [0, 0.05) is 29.8 Å². The van der Waals surface area contributed by atoms with Crippen molar-refractivity contribution in [3.8, 4) is 11.4 Å². The number of carbonyl (C=O) groups excluding carboxylic acids is 1. The van der Waals surface area contributed by atoms with Gasteiger partial charge in [0.05, 0.1) is 11.2 Å². The van der Waals surface area contributed by atoms with E-state index in [0.29, 0.717) is 23.9 Å². The van der Waals surface area contributed by atoms with Gasteiger partial charge in [-0.25, -0.2) is 9.97 Å². The fraction of sp³-hybridized carbons (Fsp3) is 0.130. The second-order valence-corrected chi connectivity index (χ2v) is 6.59. The molecule has 6 heteroatoms. The molecule has 1 amide bonds. The number of carbonyl (C=O) groups is 1. The summed E-state index contributed by atoms with van der Waals surface area (Å²) < 4.78 is 0. The van der Waals surface area contributed by atoms with E-state index in [1.54, 1.807) is 12.3 Å². The van der Waals surface area contributed by atoms with Gasteiger partial charge in [-0.2, -0.15) is 0 Å². The van der Waals surface area contributed by atoms with Crippen molar-refractivity contribution in [1.29, 1.82) is 0 Å². The zero-order valence-electron chi connectivity index (χ0n) is 16.1. The van der Waals surface area contributed by atoms with Gasteiger partial charge >= 0.3 is 0 Å². The first-order chi connectivity index (χ1) is 14.2. The first kappa shape index (κ1) is 18.6. The zero-order chi connectivity index (χ0) is 20.1. The standard InChI is InChI=1S/C23H21N5O/c1-2-13-25-23(29)19-15-20(28-22(27-19)17-8-4-3-5-9-17)26-18-12-6-10-16-11-7-14-24-21(16)18/h3-12,14-15H,2,13H2,1H3,(H,25,29)(H,26,27,28). The highest BCUT2D eigenvalue weighted by atomic mass is 16.1. The second kappa shape index (κ2) is 8.48. The van der Waals surface area contributed by atoms with E-state index in [-0.39, 0.29) is 5.91 Å². The average molecular weight is 383 g/mol. The molecule has 6 nitrogen and oxygen atoms in total. The molecule has 0 bridgehead atoms. The lowest BCUT2D eigenvalue weighted by molar-refractivity contribution is 0.0948. The lowest BCUT2D eigenvalue weighted by Crippen LogP contribution is -2.25. The van der Waals surface area contributed by atoms with Crippen LogP contribution in [0.2, 0.25) is 0 Å². The van der Waals surface area contributed by atoms with E-state index in [9.17, 15) is 4.79 Å². The van der Waals surface area contributed by atoms with Crippen LogP contribution in [0, 0.1) is 0 Å². The first-order valence-electron chi connectivity index (χ1n) is 9.58. The molecule has 0 radical (unpaired) electrons. The van der Waals surface area contributed by atoms with Crippen molar-refractivity contribution >= 4 is 28.3 Å². The van der Waals surface area contributed by atoms with Crippen molar-refractivity contribution in [2.45, 2.75) is 13.3 Å². The third-order valence-corrected chi connectivity index (χ3v) is 4.42. The molecule has 0 saturated carbocycles. The van der Waals surface area contributed by atoms with Crippen LogP contribution in [0.5, 0.6) is 0 Å². The predicted octanol–water partition coefficient (Wildman–Crippen LogP) is 4.58. The third kappa shape index (κ3) is 4.21. The number of nitrogens with zero attached hydrogens (tertiary/aromatic N) is 3. The monoisotopic (exact) mass is 383 g/mol. The van der Waals surface area contributed by atoms with E-state index in [1.807, 2.05) is 67.6 Å². The highest BCUT2D eigenvalue weighted by Gasteiger charge is 2.13. The molecular weight excluding hydrogens is 362 g/mol. The van der Waals surface area contributed by atoms with Crippen LogP contribution in [0.4, 0.5) is 11.5 Å². The summed E-state index contributed by atoms with van der Waals surface area (Å²) >= 11 is 0. The Labute approximate surface area is 169 Å². The molecule has 4 aromatic rings. The van der Waals surface area contributed by atoms with Gasteiger partial charge in [-0.1, -0.05) is 55.5 Å². The molecule has 0 saturated heterocycles. The van der Waals surface area contributed by atoms with Crippen LogP contribution in [0.15, 0.2) is 72.9 Å². The van der Waals surface area contributed by atoms with Gasteiger partial charge in [-0.05, 0) is 18.6 Å². The van der Waals surface area contributed by atoms with Crippen molar-refractivity contribution in [2.24, 2.45) is 0 Å². The van der Waals surface area contributed by atoms with Gasteiger partial charge in [-0.3, -0.25) is 9.78 Å². The number of amides is 1. The maximum absolute atomic E-state index is 12.6. The minimum Gasteiger partial charge on any atom is -0.351 e. The Balaban J connectivity index is 1.76. The lowest BCUT2D eigenvalue weighted by atomic mass is 10.2. The van der Waals surface area contributed by atoms with Crippen LogP contribution in [0.1, 0.15) is 23.8 Å². The Morgan fingerprint density at radius 2 is 1.79 bits per heavy atom. The molecule has 144 valence electrons. The predicted molar refractivity (Wildman–Crippen MR) is 115 cm³/mol. The average Bonchev–Trinajstić information content (AvgIpc) is 2.78. The molecule has 0 atom stereocenters. The third-order valence-electron chi connectivity index (χ3n) is 4.42. The van der Waals surface area contributed by atoms with Gasteiger partial charge in [-0.15, -0.1) is 0 Å². The number of rotatable bonds is 6. The van der Waals surface area contributed by atoms with Gasteiger partial charge in [0.15, 0.2) is 5.82 Å². The summed E-state index contributed by atoms with van der Waals surface area (Å²) in [6, 6.07) is 21.1. The van der Waals surface area contributed by atoms with Crippen molar-refractivity contribution in [1.82, 2.24) is 20.3 Å². The maximum atomic E-state index is 12.6. The molecule has 2 aromatic heterocycles. The van der Waals surface area contributed by atoms with E-state index in [0.717, 1.165) is 28.6 Å². The quantitative estimate of drug-likeness (QED) is 0.510. The summed E-state index contributed by atoms with van der Waals surface area (Å²) in [5.41, 5.74) is 2.83. The second-order valence-electron chi connectivity index (χ2n) is 6.59. The van der Waals surface area contributed by atoms with Crippen LogP contribution in [0.25, 0.3) is 22.3 Å². The zero-order valence-corrected chi connectivity index (χ0v) is 16.1. The number of aromatic nitrogens is 3. The lowest BCUT2D eigenvalue weighted by Gasteiger charge is -2.12. The minimum atomic E-state index is -0.217. The fourth-order valence-electron chi connectivity index (χ4n) is 3.02. The summed E-state index contributed by atoms with van der Waals surface area (Å²) in [7, 11) is 0. The van der Waals surface area contributed by atoms with Crippen LogP contribution in [0.3, 0.4) is 0 Å². The van der Waals surface area contributed by atoms with Gasteiger partial charge in [0.2, 0.25) is 0 Å². The number of hydrogen-bond donors (Lipinski definition) is 2. The number of nitrogens with one attached hydrogen (secondary N) is 2. The molecule has 29 heavy (non-hydrogen) atoms. The van der Waals surface area contributed by atoms with Crippen LogP contribution in [-0.4, -0.2) is 27.4 Å². The normalized spacial score (nSPS) is 10.7. The largest absolute Gasteiger partial charge is 0.351 e. The van der Waals surface area contributed by atoms with E-state index < -0.39 is 0 Å². The van der Waals surface area contributed by atoms with E-state index in [1.165, 1.54) is 0 Å². The van der Waals surface area contributed by atoms with E-state index in [2.05, 4.69) is 25.6 Å². The van der Waals surface area contributed by atoms with E-state index in [4.69, 9.17) is 0 Å². The highest BCUT2D eigenvalue weighted by Crippen LogP contribution is 2.25. The Bertz CT molecular complexity index is 1140. The van der Waals surface area contributed by atoms with Gasteiger partial charge in [0.1, 0.15) is 11.5 Å². The molecule has 0 unspecified atom stereocenters. The Hall–Kier alpha value is -3.80. The van der Waals surface area contributed by atoms with Crippen molar-refractivity contribution in [2.75, 3.05) is 11.9 Å². The Morgan fingerprint density at radius 1 is 0.966 bits per heavy atom. The van der Waals surface area contributed by atoms with Gasteiger partial charge in [0.25, 0.3) is 5.91 Å². The summed E-state index contributed by atoms with van der Waals surface area (Å²) in [4.78, 5) is 26.2. The number of anilines is 2. The summed E-state index contributed by atoms with van der Waals surface area (Å²) in [5.74, 6) is 0.814. The molecule has 0 fully saturated rings. The smallest absolute Gasteiger partial charge is 0.270 e. The van der Waals surface area contributed by atoms with Crippen LogP contribution < -0.4 is 10.6 Å². The molecule has 0 aliphatic carbocycles. The number of pyridine rings is 1. The molecule has 0 spiro atoms. The highest BCUT2D eigenvalue weighted by molar-refractivity contribution is 5.95. The maximum Gasteiger partial charge on any atom is 0.270 e. The molecule has 2 aromatic carbocycles. The molecule has 0 aliphatic heterocycles. The molecular formula is C23H21N5O. The SMILES string of the molecule is CCCNC(=O)c1cc(Nc2cccc3cccnc23)nc(-c2ccccc2)n1. The minimum absolute atomic E-state index is 0.217. The number of fused-ring (bicyclic) bond motifs is 1. The van der Waals surface area contributed by atoms with E-state index >= 15 is 0 Å². The molecule has 2 N–H and O–H groups in total. The topological polar surface area (TPSA) is 79.8 Å². The van der Waals surface area contributed by atoms with Crippen LogP contribution >= 0.6 is 0 Å². The number of para-hydroxylation sites is 1. The first-order valence-corrected chi connectivity index (χ1v) is 9.58. The molecule has 0 aliphatic rings. The Morgan fingerprint density at radius 3 is 2.62 bits per heavy atom. The summed E-state index contributed by atoms with van der Waals surface area (Å²) in [6.07, 6.45) is 2.61. The Kier molecular flexibility index (Phi) is 5.42. The van der Waals surface area contributed by atoms with Crippen molar-refractivity contribution < 1.29 is 4.79 Å². The number of benzene rings is 2. The fourth-order valence-corrected chi connectivity index (χ4v) is 3.02. The molecule has 4 rings (SSSR count). The molecule has 2 heterocycles.